The molecular weight excluding hydrogens is 442 g/mol. The monoisotopic (exact) mass is 465 g/mol. The number of rotatable bonds is 8. The third-order valence-corrected chi connectivity index (χ3v) is 6.30. The van der Waals surface area contributed by atoms with Crippen molar-refractivity contribution >= 4 is 38.4 Å². The van der Waals surface area contributed by atoms with Gasteiger partial charge in [0.25, 0.3) is 10.0 Å². The van der Waals surface area contributed by atoms with Crippen molar-refractivity contribution in [1.29, 1.82) is 0 Å². The number of nitrogens with zero attached hydrogens (tertiary/aromatic N) is 2. The van der Waals surface area contributed by atoms with E-state index in [1.807, 2.05) is 6.07 Å². The van der Waals surface area contributed by atoms with Crippen LogP contribution in [0.15, 0.2) is 71.6 Å². The number of nitrogens with one attached hydrogen (secondary N) is 2. The van der Waals surface area contributed by atoms with Gasteiger partial charge in [0.05, 0.1) is 35.8 Å². The van der Waals surface area contributed by atoms with Crippen LogP contribution in [0, 0.1) is 0 Å². The lowest BCUT2D eigenvalue weighted by Crippen LogP contribution is -2.16. The minimum Gasteiger partial charge on any atom is -0.497 e. The number of hydrogen-bond acceptors (Lipinski definition) is 8. The van der Waals surface area contributed by atoms with Crippen molar-refractivity contribution in [2.45, 2.75) is 11.4 Å². The summed E-state index contributed by atoms with van der Waals surface area (Å²) >= 11 is 0. The molecule has 0 saturated heterocycles. The first-order chi connectivity index (χ1) is 15.9. The summed E-state index contributed by atoms with van der Waals surface area (Å²) in [5, 5.41) is 3.14. The molecule has 0 aliphatic carbocycles. The average Bonchev–Trinajstić information content (AvgIpc) is 2.84. The minimum absolute atomic E-state index is 0.0328. The van der Waals surface area contributed by atoms with Gasteiger partial charge in [-0.05, 0) is 35.9 Å². The maximum atomic E-state index is 13.0. The largest absolute Gasteiger partial charge is 0.497 e. The van der Waals surface area contributed by atoms with Gasteiger partial charge in [0.15, 0.2) is 11.6 Å². The van der Waals surface area contributed by atoms with Crippen LogP contribution in [-0.4, -0.2) is 32.6 Å². The third kappa shape index (κ3) is 4.66. The maximum absolute atomic E-state index is 13.0. The number of hydrogen-bond donors (Lipinski definition) is 3. The predicted octanol–water partition coefficient (Wildman–Crippen LogP) is 3.65. The number of benzene rings is 3. The summed E-state index contributed by atoms with van der Waals surface area (Å²) in [6.07, 6.45) is 0. The number of para-hydroxylation sites is 1. The second kappa shape index (κ2) is 9.31. The van der Waals surface area contributed by atoms with Gasteiger partial charge in [0, 0.05) is 12.6 Å². The fourth-order valence-electron chi connectivity index (χ4n) is 3.28. The number of fused-ring (bicyclic) bond motifs is 1. The topological polar surface area (TPSA) is 128 Å². The highest BCUT2D eigenvalue weighted by atomic mass is 32.2. The van der Waals surface area contributed by atoms with Crippen LogP contribution >= 0.6 is 0 Å². The molecule has 4 aromatic rings. The highest BCUT2D eigenvalue weighted by Gasteiger charge is 2.20. The van der Waals surface area contributed by atoms with E-state index < -0.39 is 10.0 Å². The lowest BCUT2D eigenvalue weighted by molar-refractivity contribution is 0.405. The lowest BCUT2D eigenvalue weighted by Gasteiger charge is -2.17. The fourth-order valence-corrected chi connectivity index (χ4v) is 4.31. The zero-order valence-electron chi connectivity index (χ0n) is 18.1. The van der Waals surface area contributed by atoms with E-state index in [0.29, 0.717) is 28.2 Å². The molecule has 4 rings (SSSR count). The zero-order chi connectivity index (χ0) is 23.4. The van der Waals surface area contributed by atoms with E-state index >= 15 is 0 Å². The van der Waals surface area contributed by atoms with E-state index in [0.717, 1.165) is 5.56 Å². The molecule has 9 nitrogen and oxygen atoms in total. The number of ether oxygens (including phenoxy) is 2. The molecule has 170 valence electrons. The van der Waals surface area contributed by atoms with Gasteiger partial charge in [-0.1, -0.05) is 30.3 Å². The Hall–Kier alpha value is -3.89. The molecule has 0 aliphatic rings. The van der Waals surface area contributed by atoms with Crippen molar-refractivity contribution in [3.63, 3.8) is 0 Å². The zero-order valence-corrected chi connectivity index (χ0v) is 18.9. The van der Waals surface area contributed by atoms with Crippen LogP contribution < -0.4 is 25.2 Å². The van der Waals surface area contributed by atoms with Crippen molar-refractivity contribution in [2.24, 2.45) is 5.73 Å². The first-order valence-electron chi connectivity index (χ1n) is 10.0. The molecule has 0 atom stereocenters. The summed E-state index contributed by atoms with van der Waals surface area (Å²) in [4.78, 5) is 9.32. The third-order valence-electron chi connectivity index (χ3n) is 4.94. The molecule has 4 N–H and O–H groups in total. The SMILES string of the molecule is COc1ccc(OC)c(Nc2nc3c(CN)cccc3nc2NS(=O)(=O)c2ccccc2)c1. The van der Waals surface area contributed by atoms with Crippen molar-refractivity contribution in [1.82, 2.24) is 9.97 Å². The van der Waals surface area contributed by atoms with E-state index in [9.17, 15) is 8.42 Å². The van der Waals surface area contributed by atoms with Crippen LogP contribution in [0.25, 0.3) is 11.0 Å². The Morgan fingerprint density at radius 3 is 2.39 bits per heavy atom. The number of sulfonamides is 1. The number of aromatic nitrogens is 2. The summed E-state index contributed by atoms with van der Waals surface area (Å²) in [7, 11) is -0.832. The van der Waals surface area contributed by atoms with Gasteiger partial charge in [-0.25, -0.2) is 18.4 Å². The molecule has 10 heteroatoms. The van der Waals surface area contributed by atoms with Gasteiger partial charge < -0.3 is 20.5 Å². The molecule has 0 spiro atoms. The van der Waals surface area contributed by atoms with Crippen LogP contribution in [0.3, 0.4) is 0 Å². The van der Waals surface area contributed by atoms with Gasteiger partial charge in [-0.3, -0.25) is 4.72 Å². The average molecular weight is 466 g/mol. The first-order valence-corrected chi connectivity index (χ1v) is 11.5. The summed E-state index contributed by atoms with van der Waals surface area (Å²) in [6, 6.07) is 18.6. The van der Waals surface area contributed by atoms with Gasteiger partial charge in [-0.15, -0.1) is 0 Å². The smallest absolute Gasteiger partial charge is 0.263 e. The summed E-state index contributed by atoms with van der Waals surface area (Å²) < 4.78 is 39.3. The summed E-state index contributed by atoms with van der Waals surface area (Å²) in [5.41, 5.74) is 8.25. The van der Waals surface area contributed by atoms with Gasteiger partial charge >= 0.3 is 0 Å². The molecule has 0 amide bonds. The van der Waals surface area contributed by atoms with Gasteiger partial charge in [0.2, 0.25) is 0 Å². The van der Waals surface area contributed by atoms with Crippen molar-refractivity contribution in [3.8, 4) is 11.5 Å². The molecule has 0 aliphatic heterocycles. The van der Waals surface area contributed by atoms with Crippen LogP contribution in [-0.2, 0) is 16.6 Å². The highest BCUT2D eigenvalue weighted by molar-refractivity contribution is 7.92. The second-order valence-electron chi connectivity index (χ2n) is 7.02. The fraction of sp³-hybridized carbons (Fsp3) is 0.130. The van der Waals surface area contributed by atoms with Gasteiger partial charge in [-0.2, -0.15) is 0 Å². The van der Waals surface area contributed by atoms with E-state index in [2.05, 4.69) is 20.0 Å². The normalized spacial score (nSPS) is 11.2. The number of anilines is 3. The van der Waals surface area contributed by atoms with E-state index in [4.69, 9.17) is 15.2 Å². The Labute approximate surface area is 191 Å². The molecule has 3 aromatic carbocycles. The molecule has 0 fully saturated rings. The molecule has 0 radical (unpaired) electrons. The molecule has 33 heavy (non-hydrogen) atoms. The first kappa shape index (κ1) is 22.3. The van der Waals surface area contributed by atoms with Crippen LogP contribution in [0.2, 0.25) is 0 Å². The number of nitrogens with two attached hydrogens (primary N) is 1. The van der Waals surface area contributed by atoms with Crippen LogP contribution in [0.4, 0.5) is 17.3 Å². The Bertz CT molecular complexity index is 1400. The van der Waals surface area contributed by atoms with Crippen molar-refractivity contribution < 1.29 is 17.9 Å². The second-order valence-corrected chi connectivity index (χ2v) is 8.70. The molecule has 0 saturated carbocycles. The van der Waals surface area contributed by atoms with Crippen molar-refractivity contribution in [3.05, 3.63) is 72.3 Å². The molecule has 0 bridgehead atoms. The minimum atomic E-state index is -3.91. The van der Waals surface area contributed by atoms with Crippen LogP contribution in [0.5, 0.6) is 11.5 Å². The highest BCUT2D eigenvalue weighted by Crippen LogP contribution is 2.34. The molecule has 0 unspecified atom stereocenters. The van der Waals surface area contributed by atoms with Gasteiger partial charge in [0.1, 0.15) is 11.5 Å². The molecular formula is C23H23N5O4S. The van der Waals surface area contributed by atoms with E-state index in [1.165, 1.54) is 19.2 Å². The Balaban J connectivity index is 1.86. The Kier molecular flexibility index (Phi) is 6.29. The maximum Gasteiger partial charge on any atom is 0.263 e. The molecule has 1 heterocycles. The standard InChI is InChI=1S/C23H23N5O4S/c1-31-16-11-12-20(32-2)19(13-16)26-22-23(28-33(29,30)17-8-4-3-5-9-17)25-18-10-6-7-15(14-24)21(18)27-22/h3-13H,14,24H2,1-2H3,(H,25,28)(H,26,27). The predicted molar refractivity (Wildman–Crippen MR) is 128 cm³/mol. The lowest BCUT2D eigenvalue weighted by atomic mass is 10.2. The van der Waals surface area contributed by atoms with Crippen LogP contribution in [0.1, 0.15) is 5.56 Å². The summed E-state index contributed by atoms with van der Waals surface area (Å²) in [6.45, 7) is 0.253. The number of methoxy groups -OCH3 is 2. The Morgan fingerprint density at radius 2 is 1.70 bits per heavy atom. The summed E-state index contributed by atoms with van der Waals surface area (Å²) in [5.74, 6) is 1.32. The molecule has 1 aromatic heterocycles. The quantitative estimate of drug-likeness (QED) is 0.360. The van der Waals surface area contributed by atoms with E-state index in [-0.39, 0.29) is 23.1 Å². The van der Waals surface area contributed by atoms with E-state index in [1.54, 1.807) is 55.6 Å². The van der Waals surface area contributed by atoms with Crippen molar-refractivity contribution in [2.75, 3.05) is 24.3 Å². The Morgan fingerprint density at radius 1 is 0.909 bits per heavy atom.